The maximum absolute atomic E-state index is 13.6. The third kappa shape index (κ3) is 3.53. The van der Waals surface area contributed by atoms with Crippen molar-refractivity contribution in [2.24, 2.45) is 0 Å². The molecule has 2 fully saturated rings. The van der Waals surface area contributed by atoms with Crippen LogP contribution in [0.1, 0.15) is 44.7 Å². The number of hydrogen-bond donors (Lipinski definition) is 1. The number of amides is 1. The predicted molar refractivity (Wildman–Crippen MR) is 90.7 cm³/mol. The van der Waals surface area contributed by atoms with Crippen LogP contribution in [-0.4, -0.2) is 47.0 Å². The first-order chi connectivity index (χ1) is 12.1. The van der Waals surface area contributed by atoms with Gasteiger partial charge in [0.05, 0.1) is 36.5 Å². The lowest BCUT2D eigenvalue weighted by Gasteiger charge is -2.51. The molecule has 1 amide bonds. The molecule has 0 radical (unpaired) electrons. The summed E-state index contributed by atoms with van der Waals surface area (Å²) in [4.78, 5) is 14.2. The fourth-order valence-electron chi connectivity index (χ4n) is 3.73. The highest BCUT2D eigenvalue weighted by atomic mass is 19.1. The number of rotatable bonds is 1. The van der Waals surface area contributed by atoms with E-state index in [9.17, 15) is 14.3 Å². The molecule has 6 nitrogen and oxygen atoms in total. The van der Waals surface area contributed by atoms with Gasteiger partial charge in [0.15, 0.2) is 0 Å². The van der Waals surface area contributed by atoms with Crippen LogP contribution in [0.4, 0.5) is 9.18 Å². The van der Waals surface area contributed by atoms with Gasteiger partial charge in [-0.05, 0) is 38.5 Å². The number of carbonyl (C=O) groups is 1. The topological polar surface area (TPSA) is 82.8 Å². The van der Waals surface area contributed by atoms with E-state index in [0.717, 1.165) is 0 Å². The molecule has 0 aliphatic carbocycles. The number of nitrogens with zero attached hydrogens (tertiary/aromatic N) is 2. The summed E-state index contributed by atoms with van der Waals surface area (Å²) in [6, 6.07) is 5.17. The number of hydrogen-bond acceptors (Lipinski definition) is 5. The van der Waals surface area contributed by atoms with Gasteiger partial charge in [-0.25, -0.2) is 9.18 Å². The highest BCUT2D eigenvalue weighted by Gasteiger charge is 2.50. The molecule has 1 aromatic rings. The van der Waals surface area contributed by atoms with Crippen LogP contribution >= 0.6 is 0 Å². The second-order valence-electron chi connectivity index (χ2n) is 7.98. The molecule has 2 atom stereocenters. The molecular weight excluding hydrogens is 339 g/mol. The Kier molecular flexibility index (Phi) is 4.67. The maximum Gasteiger partial charge on any atom is 0.410 e. The van der Waals surface area contributed by atoms with Crippen molar-refractivity contribution < 1.29 is 23.8 Å². The molecule has 1 aromatic carbocycles. The lowest BCUT2D eigenvalue weighted by Crippen LogP contribution is -2.63. The van der Waals surface area contributed by atoms with Crippen LogP contribution in [0.25, 0.3) is 0 Å². The van der Waals surface area contributed by atoms with Crippen LogP contribution in [0.2, 0.25) is 0 Å². The van der Waals surface area contributed by atoms with Gasteiger partial charge < -0.3 is 14.6 Å². The molecule has 3 rings (SSSR count). The van der Waals surface area contributed by atoms with Crippen LogP contribution in [0.3, 0.4) is 0 Å². The zero-order valence-corrected chi connectivity index (χ0v) is 15.2. The maximum atomic E-state index is 13.6. The van der Waals surface area contributed by atoms with E-state index in [1.165, 1.54) is 18.2 Å². The molecule has 2 heterocycles. The summed E-state index contributed by atoms with van der Waals surface area (Å²) in [5.41, 5.74) is -1.49. The molecule has 0 spiro atoms. The van der Waals surface area contributed by atoms with E-state index in [1.54, 1.807) is 31.7 Å². The summed E-state index contributed by atoms with van der Waals surface area (Å²) in [5, 5.41) is 20.3. The molecule has 2 aliphatic heterocycles. The van der Waals surface area contributed by atoms with Gasteiger partial charge in [-0.15, -0.1) is 0 Å². The summed E-state index contributed by atoms with van der Waals surface area (Å²) in [6.07, 6.45) is 0.0491. The Labute approximate surface area is 152 Å². The summed E-state index contributed by atoms with van der Waals surface area (Å²) in [6.45, 7) is 6.01. The van der Waals surface area contributed by atoms with Gasteiger partial charge >= 0.3 is 6.09 Å². The second-order valence-corrected chi connectivity index (χ2v) is 7.98. The Balaban J connectivity index is 1.87. The zero-order valence-electron chi connectivity index (χ0n) is 15.2. The van der Waals surface area contributed by atoms with Crippen molar-refractivity contribution in [1.82, 2.24) is 4.90 Å². The minimum absolute atomic E-state index is 0.105. The van der Waals surface area contributed by atoms with E-state index in [2.05, 4.69) is 0 Å². The Morgan fingerprint density at radius 2 is 2.00 bits per heavy atom. The van der Waals surface area contributed by atoms with Gasteiger partial charge in [-0.3, -0.25) is 4.90 Å². The number of aliphatic hydroxyl groups is 1. The SMILES string of the molecule is CC(C)(C)OC(=O)N1C2COCC1CC(O)(c1ccc(F)c(C#N)c1)C2. The third-order valence-electron chi connectivity index (χ3n) is 4.78. The number of nitriles is 1. The molecule has 2 bridgehead atoms. The third-order valence-corrected chi connectivity index (χ3v) is 4.78. The van der Waals surface area contributed by atoms with Gasteiger partial charge in [0.2, 0.25) is 0 Å². The average Bonchev–Trinajstić information content (AvgIpc) is 2.52. The molecule has 0 saturated carbocycles. The van der Waals surface area contributed by atoms with Crippen LogP contribution in [0, 0.1) is 17.1 Å². The summed E-state index contributed by atoms with van der Waals surface area (Å²) >= 11 is 0. The van der Waals surface area contributed by atoms with E-state index in [-0.39, 0.29) is 30.5 Å². The zero-order chi connectivity index (χ0) is 19.1. The van der Waals surface area contributed by atoms with Gasteiger partial charge in [-0.2, -0.15) is 5.26 Å². The lowest BCUT2D eigenvalue weighted by atomic mass is 9.76. The number of benzene rings is 1. The van der Waals surface area contributed by atoms with Crippen LogP contribution < -0.4 is 0 Å². The van der Waals surface area contributed by atoms with E-state index >= 15 is 0 Å². The first-order valence-electron chi connectivity index (χ1n) is 8.64. The number of halogens is 1. The molecule has 7 heteroatoms. The van der Waals surface area contributed by atoms with Crippen molar-refractivity contribution in [2.75, 3.05) is 13.2 Å². The summed E-state index contributed by atoms with van der Waals surface area (Å²) in [7, 11) is 0. The smallest absolute Gasteiger partial charge is 0.410 e. The number of fused-ring (bicyclic) bond motifs is 2. The van der Waals surface area contributed by atoms with Crippen molar-refractivity contribution in [2.45, 2.75) is 56.9 Å². The minimum atomic E-state index is -1.25. The first kappa shape index (κ1) is 18.6. The second kappa shape index (κ2) is 6.53. The standard InChI is InChI=1S/C19H23FN2O4/c1-18(2,3)26-17(23)22-14-7-19(24,8-15(22)11-25-10-14)13-4-5-16(20)12(6-13)9-21/h4-6,14-15,24H,7-8,10-11H2,1-3H3. The highest BCUT2D eigenvalue weighted by molar-refractivity contribution is 5.69. The molecule has 2 saturated heterocycles. The van der Waals surface area contributed by atoms with Crippen molar-refractivity contribution >= 4 is 6.09 Å². The van der Waals surface area contributed by atoms with Gasteiger partial charge in [-0.1, -0.05) is 6.07 Å². The van der Waals surface area contributed by atoms with Crippen LogP contribution in [0.5, 0.6) is 0 Å². The van der Waals surface area contributed by atoms with Gasteiger partial charge in [0.1, 0.15) is 17.5 Å². The van der Waals surface area contributed by atoms with Crippen molar-refractivity contribution in [3.8, 4) is 6.07 Å². The number of piperidine rings is 1. The minimum Gasteiger partial charge on any atom is -0.444 e. The van der Waals surface area contributed by atoms with Gasteiger partial charge in [0, 0.05) is 12.8 Å². The average molecular weight is 362 g/mol. The molecule has 1 N–H and O–H groups in total. The van der Waals surface area contributed by atoms with Crippen LogP contribution in [0.15, 0.2) is 18.2 Å². The van der Waals surface area contributed by atoms with Crippen molar-refractivity contribution in [1.29, 1.82) is 5.26 Å². The quantitative estimate of drug-likeness (QED) is 0.830. The van der Waals surface area contributed by atoms with E-state index in [0.29, 0.717) is 18.8 Å². The molecule has 2 aliphatic rings. The van der Waals surface area contributed by atoms with E-state index in [1.807, 2.05) is 0 Å². The predicted octanol–water partition coefficient (Wildman–Crippen LogP) is 2.68. The fourth-order valence-corrected chi connectivity index (χ4v) is 3.73. The highest BCUT2D eigenvalue weighted by Crippen LogP contribution is 2.41. The lowest BCUT2D eigenvalue weighted by molar-refractivity contribution is -0.141. The van der Waals surface area contributed by atoms with E-state index < -0.39 is 23.1 Å². The summed E-state index contributed by atoms with van der Waals surface area (Å²) < 4.78 is 24.7. The van der Waals surface area contributed by atoms with Crippen molar-refractivity contribution in [3.05, 3.63) is 35.1 Å². The van der Waals surface area contributed by atoms with Crippen molar-refractivity contribution in [3.63, 3.8) is 0 Å². The molecule has 140 valence electrons. The Hall–Kier alpha value is -2.17. The summed E-state index contributed by atoms with van der Waals surface area (Å²) in [5.74, 6) is -0.616. The monoisotopic (exact) mass is 362 g/mol. The van der Waals surface area contributed by atoms with Gasteiger partial charge in [0.25, 0.3) is 0 Å². The number of morpholine rings is 1. The molecule has 2 unspecified atom stereocenters. The number of carbonyl (C=O) groups excluding carboxylic acids is 1. The molecular formula is C19H23FN2O4. The Morgan fingerprint density at radius 3 is 2.54 bits per heavy atom. The largest absolute Gasteiger partial charge is 0.444 e. The molecule has 0 aromatic heterocycles. The number of ether oxygens (including phenoxy) is 2. The molecule has 26 heavy (non-hydrogen) atoms. The Bertz CT molecular complexity index is 739. The van der Waals surface area contributed by atoms with Crippen LogP contribution in [-0.2, 0) is 15.1 Å². The van der Waals surface area contributed by atoms with E-state index in [4.69, 9.17) is 14.7 Å². The Morgan fingerprint density at radius 1 is 1.38 bits per heavy atom. The normalized spacial score (nSPS) is 28.4. The first-order valence-corrected chi connectivity index (χ1v) is 8.64. The fraction of sp³-hybridized carbons (Fsp3) is 0.579.